The van der Waals surface area contributed by atoms with Crippen LogP contribution in [-0.4, -0.2) is 26.7 Å². The average Bonchev–Trinajstić information content (AvgIpc) is 3.18. The van der Waals surface area contributed by atoms with Crippen molar-refractivity contribution in [3.8, 4) is 28.7 Å². The molecular weight excluding hydrogens is 360 g/mol. The summed E-state index contributed by atoms with van der Waals surface area (Å²) < 4.78 is 11.0. The molecule has 0 spiro atoms. The Morgan fingerprint density at radius 1 is 1.14 bits per heavy atom. The van der Waals surface area contributed by atoms with E-state index in [1.807, 2.05) is 38.1 Å². The molecule has 0 aliphatic heterocycles. The Kier molecular flexibility index (Phi) is 4.44. The highest BCUT2D eigenvalue weighted by Gasteiger charge is 2.18. The Morgan fingerprint density at radius 2 is 2.00 bits per heavy atom. The second-order valence-electron chi connectivity index (χ2n) is 6.20. The van der Waals surface area contributed by atoms with Crippen LogP contribution in [0, 0.1) is 17.0 Å². The number of rotatable bonds is 5. The van der Waals surface area contributed by atoms with Crippen molar-refractivity contribution >= 4 is 16.6 Å². The summed E-state index contributed by atoms with van der Waals surface area (Å²) in [6.07, 6.45) is 0. The molecule has 4 rings (SSSR count). The normalized spacial score (nSPS) is 10.9. The summed E-state index contributed by atoms with van der Waals surface area (Å²) in [7, 11) is 0. The third-order valence-electron chi connectivity index (χ3n) is 4.19. The summed E-state index contributed by atoms with van der Waals surface area (Å²) in [5, 5.41) is 16.0. The zero-order valence-corrected chi connectivity index (χ0v) is 15.2. The first-order chi connectivity index (χ1) is 13.5. The van der Waals surface area contributed by atoms with E-state index in [1.54, 1.807) is 12.1 Å². The molecule has 2 heterocycles. The number of hydrogen-bond acceptors (Lipinski definition) is 7. The van der Waals surface area contributed by atoms with Crippen molar-refractivity contribution < 1.29 is 14.2 Å². The Labute approximate surface area is 159 Å². The van der Waals surface area contributed by atoms with E-state index in [4.69, 9.17) is 9.26 Å². The molecule has 0 saturated heterocycles. The first-order valence-corrected chi connectivity index (χ1v) is 8.68. The Bertz CT molecular complexity index is 1190. The first kappa shape index (κ1) is 17.6. The zero-order chi connectivity index (χ0) is 19.7. The number of aromatic nitrogens is 3. The smallest absolute Gasteiger partial charge is 0.270 e. The third-order valence-corrected chi connectivity index (χ3v) is 4.19. The maximum atomic E-state index is 11.0. The molecule has 0 N–H and O–H groups in total. The van der Waals surface area contributed by atoms with E-state index in [0.717, 1.165) is 16.5 Å². The molecule has 4 aromatic rings. The van der Waals surface area contributed by atoms with E-state index < -0.39 is 4.92 Å². The molecule has 0 amide bonds. The topological polar surface area (TPSA) is 104 Å². The molecular formula is C20H16N4O4. The molecule has 28 heavy (non-hydrogen) atoms. The fourth-order valence-corrected chi connectivity index (χ4v) is 2.89. The van der Waals surface area contributed by atoms with E-state index >= 15 is 0 Å². The number of aryl methyl sites for hydroxylation is 1. The van der Waals surface area contributed by atoms with Gasteiger partial charge >= 0.3 is 0 Å². The SMILES string of the molecule is CCOc1nc2ccc(C)cc2cc1-c1noc(-c2cccc([N+](=O)[O-])c2)n1. The van der Waals surface area contributed by atoms with Gasteiger partial charge in [0, 0.05) is 23.1 Å². The van der Waals surface area contributed by atoms with Crippen LogP contribution in [0.2, 0.25) is 0 Å². The number of ether oxygens (including phenoxy) is 1. The van der Waals surface area contributed by atoms with Crippen molar-refractivity contribution in [2.75, 3.05) is 6.61 Å². The molecule has 0 radical (unpaired) electrons. The molecule has 0 fully saturated rings. The maximum absolute atomic E-state index is 11.0. The van der Waals surface area contributed by atoms with Crippen LogP contribution in [0.5, 0.6) is 5.88 Å². The Morgan fingerprint density at radius 3 is 2.79 bits per heavy atom. The fraction of sp³-hybridized carbons (Fsp3) is 0.150. The molecule has 8 heteroatoms. The largest absolute Gasteiger partial charge is 0.477 e. The molecule has 0 aliphatic rings. The van der Waals surface area contributed by atoms with Gasteiger partial charge in [-0.05, 0) is 38.1 Å². The zero-order valence-electron chi connectivity index (χ0n) is 15.2. The molecule has 0 aliphatic carbocycles. The number of pyridine rings is 1. The number of nitro benzene ring substituents is 1. The van der Waals surface area contributed by atoms with Gasteiger partial charge < -0.3 is 9.26 Å². The van der Waals surface area contributed by atoms with E-state index in [2.05, 4.69) is 15.1 Å². The molecule has 140 valence electrons. The van der Waals surface area contributed by atoms with Crippen molar-refractivity contribution in [3.05, 3.63) is 64.2 Å². The molecule has 2 aromatic heterocycles. The number of nitro groups is 1. The van der Waals surface area contributed by atoms with Crippen molar-refractivity contribution in [1.29, 1.82) is 0 Å². The predicted molar refractivity (Wildman–Crippen MR) is 103 cm³/mol. The van der Waals surface area contributed by atoms with Crippen LogP contribution in [0.15, 0.2) is 53.1 Å². The summed E-state index contributed by atoms with van der Waals surface area (Å²) in [6.45, 7) is 4.31. The Hall–Kier alpha value is -3.81. The second kappa shape index (κ2) is 7.07. The number of fused-ring (bicyclic) bond motifs is 1. The lowest BCUT2D eigenvalue weighted by Gasteiger charge is -2.08. The van der Waals surface area contributed by atoms with Crippen molar-refractivity contribution in [2.24, 2.45) is 0 Å². The highest BCUT2D eigenvalue weighted by molar-refractivity contribution is 5.85. The van der Waals surface area contributed by atoms with Crippen LogP contribution < -0.4 is 4.74 Å². The third kappa shape index (κ3) is 3.27. The summed E-state index contributed by atoms with van der Waals surface area (Å²) in [5.41, 5.74) is 2.93. The van der Waals surface area contributed by atoms with E-state index in [0.29, 0.717) is 29.4 Å². The summed E-state index contributed by atoms with van der Waals surface area (Å²) >= 11 is 0. The van der Waals surface area contributed by atoms with E-state index in [-0.39, 0.29) is 11.6 Å². The molecule has 0 saturated carbocycles. The van der Waals surface area contributed by atoms with E-state index in [1.165, 1.54) is 12.1 Å². The first-order valence-electron chi connectivity index (χ1n) is 8.68. The number of benzene rings is 2. The lowest BCUT2D eigenvalue weighted by Crippen LogP contribution is -1.98. The quantitative estimate of drug-likeness (QED) is 0.371. The summed E-state index contributed by atoms with van der Waals surface area (Å²) in [6, 6.07) is 13.9. The highest BCUT2D eigenvalue weighted by atomic mass is 16.6. The van der Waals surface area contributed by atoms with Crippen LogP contribution >= 0.6 is 0 Å². The van der Waals surface area contributed by atoms with Gasteiger partial charge in [0.15, 0.2) is 0 Å². The number of nitrogens with zero attached hydrogens (tertiary/aromatic N) is 4. The van der Waals surface area contributed by atoms with Crippen LogP contribution in [0.25, 0.3) is 33.7 Å². The van der Waals surface area contributed by atoms with Gasteiger partial charge in [-0.3, -0.25) is 10.1 Å². The molecule has 0 unspecified atom stereocenters. The molecule has 8 nitrogen and oxygen atoms in total. The highest BCUT2D eigenvalue weighted by Crippen LogP contribution is 2.32. The second-order valence-corrected chi connectivity index (χ2v) is 6.20. The maximum Gasteiger partial charge on any atom is 0.270 e. The van der Waals surface area contributed by atoms with E-state index in [9.17, 15) is 10.1 Å². The average molecular weight is 376 g/mol. The minimum absolute atomic E-state index is 0.0462. The van der Waals surface area contributed by atoms with Crippen LogP contribution in [0.1, 0.15) is 12.5 Å². The van der Waals surface area contributed by atoms with Gasteiger partial charge in [-0.2, -0.15) is 4.98 Å². The van der Waals surface area contributed by atoms with Gasteiger partial charge in [-0.1, -0.05) is 22.9 Å². The van der Waals surface area contributed by atoms with Gasteiger partial charge in [0.1, 0.15) is 0 Å². The lowest BCUT2D eigenvalue weighted by atomic mass is 10.1. The lowest BCUT2D eigenvalue weighted by molar-refractivity contribution is -0.384. The predicted octanol–water partition coefficient (Wildman–Crippen LogP) is 4.57. The molecule has 2 aromatic carbocycles. The molecule has 0 bridgehead atoms. The minimum Gasteiger partial charge on any atom is -0.477 e. The van der Waals surface area contributed by atoms with Gasteiger partial charge in [0.05, 0.1) is 22.6 Å². The number of hydrogen-bond donors (Lipinski definition) is 0. The van der Waals surface area contributed by atoms with Gasteiger partial charge in [-0.15, -0.1) is 0 Å². The van der Waals surface area contributed by atoms with Gasteiger partial charge in [0.2, 0.25) is 11.7 Å². The summed E-state index contributed by atoms with van der Waals surface area (Å²) in [5.74, 6) is 0.900. The number of non-ortho nitro benzene ring substituents is 1. The van der Waals surface area contributed by atoms with Crippen molar-refractivity contribution in [1.82, 2.24) is 15.1 Å². The standard InChI is InChI=1S/C20H16N4O4/c1-3-27-20-16(11-14-9-12(2)7-8-17(14)21-20)18-22-19(28-23-18)13-5-4-6-15(10-13)24(25)26/h4-11H,3H2,1-2H3. The fourth-order valence-electron chi connectivity index (χ4n) is 2.89. The van der Waals surface area contributed by atoms with Crippen molar-refractivity contribution in [3.63, 3.8) is 0 Å². The van der Waals surface area contributed by atoms with Crippen LogP contribution in [-0.2, 0) is 0 Å². The Balaban J connectivity index is 1.81. The summed E-state index contributed by atoms with van der Waals surface area (Å²) in [4.78, 5) is 19.5. The monoisotopic (exact) mass is 376 g/mol. The molecule has 0 atom stereocenters. The van der Waals surface area contributed by atoms with Gasteiger partial charge in [-0.25, -0.2) is 4.98 Å². The van der Waals surface area contributed by atoms with Crippen LogP contribution in [0.4, 0.5) is 5.69 Å². The van der Waals surface area contributed by atoms with Crippen LogP contribution in [0.3, 0.4) is 0 Å². The van der Waals surface area contributed by atoms with Crippen molar-refractivity contribution in [2.45, 2.75) is 13.8 Å². The van der Waals surface area contributed by atoms with Gasteiger partial charge in [0.25, 0.3) is 11.6 Å². The minimum atomic E-state index is -0.469.